The average Bonchev–Trinajstić information content (AvgIpc) is 2.71. The second-order valence-electron chi connectivity index (χ2n) is 6.37. The lowest BCUT2D eigenvalue weighted by Gasteiger charge is -2.22. The van der Waals surface area contributed by atoms with Crippen molar-refractivity contribution < 1.29 is 8.42 Å². The molecule has 1 aliphatic rings. The number of aryl methyl sites for hydroxylation is 1. The number of nitrogens with zero attached hydrogens (tertiary/aromatic N) is 1. The molecule has 1 aliphatic heterocycles. The van der Waals surface area contributed by atoms with E-state index in [1.807, 2.05) is 31.2 Å². The van der Waals surface area contributed by atoms with E-state index >= 15 is 0 Å². The van der Waals surface area contributed by atoms with Crippen LogP contribution in [0.25, 0.3) is 0 Å². The Morgan fingerprint density at radius 3 is 2.55 bits per heavy atom. The third-order valence-electron chi connectivity index (χ3n) is 4.07. The largest absolute Gasteiger partial charge is 0.265 e. The molecular formula is C17H18BrNO2S. The zero-order chi connectivity index (χ0) is 16.1. The fourth-order valence-corrected chi connectivity index (χ4v) is 5.03. The van der Waals surface area contributed by atoms with E-state index < -0.39 is 10.0 Å². The van der Waals surface area contributed by atoms with Crippen molar-refractivity contribution in [3.05, 3.63) is 58.1 Å². The molecule has 22 heavy (non-hydrogen) atoms. The lowest BCUT2D eigenvalue weighted by Crippen LogP contribution is -2.34. The number of benzene rings is 2. The summed E-state index contributed by atoms with van der Waals surface area (Å²) in [7, 11) is -3.54. The highest BCUT2D eigenvalue weighted by Crippen LogP contribution is 2.44. The molecule has 0 saturated carbocycles. The summed E-state index contributed by atoms with van der Waals surface area (Å²) < 4.78 is 28.6. The summed E-state index contributed by atoms with van der Waals surface area (Å²) in [4.78, 5) is 0.346. The Kier molecular flexibility index (Phi) is 3.61. The van der Waals surface area contributed by atoms with Crippen LogP contribution in [0.1, 0.15) is 25.0 Å². The summed E-state index contributed by atoms with van der Waals surface area (Å²) in [5.74, 6) is 0. The zero-order valence-corrected chi connectivity index (χ0v) is 15.2. The molecule has 116 valence electrons. The minimum Gasteiger partial charge on any atom is -0.265 e. The van der Waals surface area contributed by atoms with Crippen LogP contribution in [0, 0.1) is 6.92 Å². The van der Waals surface area contributed by atoms with Gasteiger partial charge in [0.15, 0.2) is 0 Å². The molecule has 3 nitrogen and oxygen atoms in total. The first-order valence-electron chi connectivity index (χ1n) is 7.11. The van der Waals surface area contributed by atoms with Gasteiger partial charge in [0.25, 0.3) is 10.0 Å². The van der Waals surface area contributed by atoms with Crippen LogP contribution in [0.4, 0.5) is 5.69 Å². The second kappa shape index (κ2) is 5.10. The van der Waals surface area contributed by atoms with Crippen molar-refractivity contribution in [2.75, 3.05) is 10.8 Å². The zero-order valence-electron chi connectivity index (χ0n) is 12.8. The van der Waals surface area contributed by atoms with Crippen molar-refractivity contribution in [2.45, 2.75) is 31.1 Å². The minimum atomic E-state index is -3.54. The molecule has 0 radical (unpaired) electrons. The molecule has 0 unspecified atom stereocenters. The number of halogens is 1. The van der Waals surface area contributed by atoms with Gasteiger partial charge in [-0.15, -0.1) is 0 Å². The number of sulfonamides is 1. The highest BCUT2D eigenvalue weighted by Gasteiger charge is 2.41. The molecule has 0 saturated heterocycles. The first-order chi connectivity index (χ1) is 10.2. The van der Waals surface area contributed by atoms with Gasteiger partial charge in [-0.1, -0.05) is 41.9 Å². The van der Waals surface area contributed by atoms with E-state index in [1.54, 1.807) is 18.2 Å². The standard InChI is InChI=1S/C17H18BrNO2S/c1-12-5-4-6-14(9-12)22(20,21)19-11-17(2,3)15-10-13(18)7-8-16(15)19/h4-10H,11H2,1-3H3. The molecule has 0 bridgehead atoms. The summed E-state index contributed by atoms with van der Waals surface area (Å²) in [6.45, 7) is 6.50. The van der Waals surface area contributed by atoms with Crippen LogP contribution in [-0.4, -0.2) is 15.0 Å². The van der Waals surface area contributed by atoms with Crippen LogP contribution in [-0.2, 0) is 15.4 Å². The normalized spacial score (nSPS) is 16.6. The molecule has 3 rings (SSSR count). The minimum absolute atomic E-state index is 0.212. The van der Waals surface area contributed by atoms with Gasteiger partial charge in [0.2, 0.25) is 0 Å². The molecule has 2 aromatic carbocycles. The van der Waals surface area contributed by atoms with Crippen LogP contribution in [0.5, 0.6) is 0 Å². The van der Waals surface area contributed by atoms with Crippen molar-refractivity contribution in [1.82, 2.24) is 0 Å². The predicted octanol–water partition coefficient (Wildman–Crippen LogP) is 4.24. The molecule has 0 N–H and O–H groups in total. The van der Waals surface area contributed by atoms with Gasteiger partial charge in [-0.2, -0.15) is 0 Å². The van der Waals surface area contributed by atoms with Gasteiger partial charge in [0, 0.05) is 16.4 Å². The van der Waals surface area contributed by atoms with E-state index in [2.05, 4.69) is 29.8 Å². The highest BCUT2D eigenvalue weighted by atomic mass is 79.9. The van der Waals surface area contributed by atoms with E-state index in [1.165, 1.54) is 4.31 Å². The van der Waals surface area contributed by atoms with Gasteiger partial charge in [-0.3, -0.25) is 4.31 Å². The van der Waals surface area contributed by atoms with E-state index in [4.69, 9.17) is 0 Å². The number of rotatable bonds is 2. The lowest BCUT2D eigenvalue weighted by atomic mass is 9.87. The smallest absolute Gasteiger partial charge is 0.264 e. The summed E-state index contributed by atoms with van der Waals surface area (Å²) in [6.07, 6.45) is 0. The third kappa shape index (κ3) is 2.46. The topological polar surface area (TPSA) is 37.4 Å². The summed E-state index contributed by atoms with van der Waals surface area (Å²) in [5.41, 5.74) is 2.55. The Bertz CT molecular complexity index is 843. The second-order valence-corrected chi connectivity index (χ2v) is 9.15. The molecule has 0 aromatic heterocycles. The monoisotopic (exact) mass is 379 g/mol. The fraction of sp³-hybridized carbons (Fsp3) is 0.294. The summed E-state index contributed by atoms with van der Waals surface area (Å²) in [5, 5.41) is 0. The average molecular weight is 380 g/mol. The van der Waals surface area contributed by atoms with Crippen molar-refractivity contribution in [3.8, 4) is 0 Å². The first-order valence-corrected chi connectivity index (χ1v) is 9.34. The van der Waals surface area contributed by atoms with Crippen LogP contribution in [0.3, 0.4) is 0 Å². The van der Waals surface area contributed by atoms with Gasteiger partial charge in [-0.05, 0) is 48.4 Å². The number of anilines is 1. The highest BCUT2D eigenvalue weighted by molar-refractivity contribution is 9.10. The maximum absolute atomic E-state index is 13.0. The van der Waals surface area contributed by atoms with Crippen molar-refractivity contribution in [3.63, 3.8) is 0 Å². The summed E-state index contributed by atoms with van der Waals surface area (Å²) in [6, 6.07) is 12.8. The SMILES string of the molecule is Cc1cccc(S(=O)(=O)N2CC(C)(C)c3cc(Br)ccc32)c1. The number of hydrogen-bond acceptors (Lipinski definition) is 2. The molecule has 5 heteroatoms. The first kappa shape index (κ1) is 15.6. The maximum atomic E-state index is 13.0. The molecule has 1 heterocycles. The van der Waals surface area contributed by atoms with Crippen LogP contribution < -0.4 is 4.31 Å². The van der Waals surface area contributed by atoms with Crippen LogP contribution in [0.15, 0.2) is 51.8 Å². The molecule has 2 aromatic rings. The van der Waals surface area contributed by atoms with Gasteiger partial charge in [0.1, 0.15) is 0 Å². The Morgan fingerprint density at radius 1 is 1.14 bits per heavy atom. The predicted molar refractivity (Wildman–Crippen MR) is 92.9 cm³/mol. The molecule has 0 spiro atoms. The quantitative estimate of drug-likeness (QED) is 0.782. The van der Waals surface area contributed by atoms with Crippen molar-refractivity contribution in [2.24, 2.45) is 0 Å². The molecule has 0 fully saturated rings. The third-order valence-corrected chi connectivity index (χ3v) is 6.32. The van der Waals surface area contributed by atoms with Crippen molar-refractivity contribution in [1.29, 1.82) is 0 Å². The van der Waals surface area contributed by atoms with E-state index in [9.17, 15) is 8.42 Å². The van der Waals surface area contributed by atoms with Gasteiger partial charge < -0.3 is 0 Å². The molecular weight excluding hydrogens is 362 g/mol. The molecule has 0 amide bonds. The summed E-state index contributed by atoms with van der Waals surface area (Å²) >= 11 is 3.47. The Morgan fingerprint density at radius 2 is 1.86 bits per heavy atom. The van der Waals surface area contributed by atoms with Gasteiger partial charge >= 0.3 is 0 Å². The van der Waals surface area contributed by atoms with Crippen molar-refractivity contribution >= 4 is 31.6 Å². The van der Waals surface area contributed by atoms with E-state index in [0.717, 1.165) is 21.3 Å². The van der Waals surface area contributed by atoms with E-state index in [-0.39, 0.29) is 5.41 Å². The Labute approximate surface area is 140 Å². The maximum Gasteiger partial charge on any atom is 0.264 e. The Balaban J connectivity index is 2.15. The lowest BCUT2D eigenvalue weighted by molar-refractivity contribution is 0.554. The fourth-order valence-electron chi connectivity index (χ4n) is 2.91. The molecule has 0 aliphatic carbocycles. The van der Waals surface area contributed by atoms with Gasteiger partial charge in [-0.25, -0.2) is 8.42 Å². The Hall–Kier alpha value is -1.33. The van der Waals surface area contributed by atoms with Crippen LogP contribution >= 0.6 is 15.9 Å². The van der Waals surface area contributed by atoms with Gasteiger partial charge in [0.05, 0.1) is 10.6 Å². The molecule has 0 atom stereocenters. The number of hydrogen-bond donors (Lipinski definition) is 0. The number of fused-ring (bicyclic) bond motifs is 1. The van der Waals surface area contributed by atoms with Crippen LogP contribution in [0.2, 0.25) is 0 Å². The van der Waals surface area contributed by atoms with E-state index in [0.29, 0.717) is 11.4 Å².